The van der Waals surface area contributed by atoms with Gasteiger partial charge in [-0.05, 0) is 42.7 Å². The van der Waals surface area contributed by atoms with Gasteiger partial charge in [0.25, 0.3) is 0 Å². The van der Waals surface area contributed by atoms with Gasteiger partial charge in [-0.2, -0.15) is 0 Å². The normalized spacial score (nSPS) is 16.3. The summed E-state index contributed by atoms with van der Waals surface area (Å²) >= 11 is 0. The van der Waals surface area contributed by atoms with Crippen LogP contribution in [0.2, 0.25) is 0 Å². The zero-order valence-corrected chi connectivity index (χ0v) is 9.30. The minimum Gasteiger partial charge on any atom is -0.0932 e. The number of benzene rings is 1. The fraction of sp³-hybridized carbons (Fsp3) is 0.538. The van der Waals surface area contributed by atoms with Gasteiger partial charge in [-0.15, -0.1) is 0 Å². The maximum absolute atomic E-state index is 6.02. The molecule has 0 spiro atoms. The molecule has 0 unspecified atom stereocenters. The Kier molecular flexibility index (Phi) is 2.42. The summed E-state index contributed by atoms with van der Waals surface area (Å²) in [5, 5.41) is 0. The van der Waals surface area contributed by atoms with Gasteiger partial charge in [0.15, 0.2) is 0 Å². The van der Waals surface area contributed by atoms with E-state index in [0.29, 0.717) is 5.92 Å². The largest absolute Gasteiger partial charge is 0.114 e. The van der Waals surface area contributed by atoms with E-state index in [4.69, 9.17) is 7.85 Å². The maximum atomic E-state index is 6.02. The van der Waals surface area contributed by atoms with E-state index in [-0.39, 0.29) is 0 Å². The van der Waals surface area contributed by atoms with Crippen LogP contribution in [0.25, 0.3) is 0 Å². The third kappa shape index (κ3) is 1.73. The van der Waals surface area contributed by atoms with Crippen LogP contribution in [0.1, 0.15) is 55.2 Å². The summed E-state index contributed by atoms with van der Waals surface area (Å²) in [5.41, 5.74) is 5.12. The van der Waals surface area contributed by atoms with Crippen LogP contribution in [0.4, 0.5) is 0 Å². The van der Waals surface area contributed by atoms with Crippen molar-refractivity contribution in [1.29, 1.82) is 0 Å². The van der Waals surface area contributed by atoms with Crippen LogP contribution in [-0.4, -0.2) is 7.85 Å². The van der Waals surface area contributed by atoms with E-state index in [2.05, 4.69) is 32.9 Å². The highest BCUT2D eigenvalue weighted by Crippen LogP contribution is 2.40. The van der Waals surface area contributed by atoms with Gasteiger partial charge >= 0.3 is 0 Å². The molecule has 0 aromatic heterocycles. The van der Waals surface area contributed by atoms with E-state index in [9.17, 15) is 0 Å². The summed E-state index contributed by atoms with van der Waals surface area (Å²) in [6, 6.07) is 4.52. The molecule has 0 atom stereocenters. The molecule has 0 saturated heterocycles. The second-order valence-electron chi connectivity index (χ2n) is 4.75. The summed E-state index contributed by atoms with van der Waals surface area (Å²) < 4.78 is 0. The molecule has 14 heavy (non-hydrogen) atoms. The van der Waals surface area contributed by atoms with E-state index in [0.717, 1.165) is 11.4 Å². The number of rotatable bonds is 2. The Balaban J connectivity index is 2.46. The SMILES string of the molecule is [B]c1cc(C2CC2)cc(C(C)C)c1C. The molecule has 1 aliphatic rings. The first kappa shape index (κ1) is 9.83. The van der Waals surface area contributed by atoms with Gasteiger partial charge in [-0.3, -0.25) is 0 Å². The molecule has 0 nitrogen and oxygen atoms in total. The quantitative estimate of drug-likeness (QED) is 0.620. The first-order valence-corrected chi connectivity index (χ1v) is 5.49. The highest BCUT2D eigenvalue weighted by molar-refractivity contribution is 6.33. The predicted octanol–water partition coefficient (Wildman–Crippen LogP) is 2.79. The fourth-order valence-corrected chi connectivity index (χ4v) is 2.04. The first-order valence-electron chi connectivity index (χ1n) is 5.49. The Bertz CT molecular complexity index is 348. The molecule has 72 valence electrons. The average molecular weight is 184 g/mol. The van der Waals surface area contributed by atoms with Gasteiger partial charge in [0.1, 0.15) is 7.85 Å². The maximum Gasteiger partial charge on any atom is 0.114 e. The smallest absolute Gasteiger partial charge is 0.0932 e. The van der Waals surface area contributed by atoms with Gasteiger partial charge in [-0.1, -0.05) is 37.0 Å². The third-order valence-electron chi connectivity index (χ3n) is 3.18. The van der Waals surface area contributed by atoms with Gasteiger partial charge < -0.3 is 0 Å². The monoisotopic (exact) mass is 184 g/mol. The molecule has 0 amide bonds. The van der Waals surface area contributed by atoms with E-state index in [1.807, 2.05) is 0 Å². The van der Waals surface area contributed by atoms with Crippen molar-refractivity contribution in [2.24, 2.45) is 0 Å². The Labute approximate surface area is 88.1 Å². The molecule has 1 aromatic rings. The Morgan fingerprint density at radius 3 is 2.43 bits per heavy atom. The lowest BCUT2D eigenvalue weighted by molar-refractivity contribution is 0.853. The molecule has 2 rings (SSSR count). The zero-order chi connectivity index (χ0) is 10.3. The molecule has 1 aliphatic carbocycles. The molecule has 0 aliphatic heterocycles. The second kappa shape index (κ2) is 3.45. The molecule has 0 N–H and O–H groups in total. The van der Waals surface area contributed by atoms with Crippen molar-refractivity contribution in [3.8, 4) is 0 Å². The van der Waals surface area contributed by atoms with Crippen LogP contribution in [0, 0.1) is 6.92 Å². The van der Waals surface area contributed by atoms with Crippen molar-refractivity contribution in [2.45, 2.75) is 45.4 Å². The highest BCUT2D eigenvalue weighted by atomic mass is 14.3. The van der Waals surface area contributed by atoms with Gasteiger partial charge in [0.2, 0.25) is 0 Å². The van der Waals surface area contributed by atoms with Gasteiger partial charge in [-0.25, -0.2) is 0 Å². The lowest BCUT2D eigenvalue weighted by Gasteiger charge is -2.15. The molecule has 0 heterocycles. The lowest BCUT2D eigenvalue weighted by Crippen LogP contribution is -2.12. The minimum absolute atomic E-state index is 0.580. The van der Waals surface area contributed by atoms with Crippen LogP contribution >= 0.6 is 0 Å². The predicted molar refractivity (Wildman–Crippen MR) is 62.6 cm³/mol. The van der Waals surface area contributed by atoms with E-state index < -0.39 is 0 Å². The topological polar surface area (TPSA) is 0 Å². The van der Waals surface area contributed by atoms with Gasteiger partial charge in [0.05, 0.1) is 0 Å². The summed E-state index contributed by atoms with van der Waals surface area (Å²) in [7, 11) is 6.02. The molecule has 0 bridgehead atoms. The van der Waals surface area contributed by atoms with Crippen molar-refractivity contribution in [3.05, 3.63) is 28.8 Å². The summed E-state index contributed by atoms with van der Waals surface area (Å²) in [4.78, 5) is 0. The number of hydrogen-bond donors (Lipinski definition) is 0. The summed E-state index contributed by atoms with van der Waals surface area (Å²) in [6.07, 6.45) is 2.69. The summed E-state index contributed by atoms with van der Waals surface area (Å²) in [6.45, 7) is 6.60. The zero-order valence-electron chi connectivity index (χ0n) is 9.30. The van der Waals surface area contributed by atoms with Crippen molar-refractivity contribution >= 4 is 13.3 Å². The Hall–Kier alpha value is -0.715. The van der Waals surface area contributed by atoms with E-state index >= 15 is 0 Å². The van der Waals surface area contributed by atoms with Crippen LogP contribution in [0.15, 0.2) is 12.1 Å². The lowest BCUT2D eigenvalue weighted by atomic mass is 9.83. The van der Waals surface area contributed by atoms with E-state index in [1.165, 1.54) is 29.5 Å². The first-order chi connectivity index (χ1) is 6.59. The number of hydrogen-bond acceptors (Lipinski definition) is 0. The standard InChI is InChI=1S/C13H17B/c1-8(2)12-6-11(10-4-5-10)7-13(14)9(12)3/h6-8,10H,4-5H2,1-3H3. The second-order valence-corrected chi connectivity index (χ2v) is 4.75. The minimum atomic E-state index is 0.580. The Morgan fingerprint density at radius 1 is 1.29 bits per heavy atom. The molecular weight excluding hydrogens is 167 g/mol. The molecule has 2 radical (unpaired) electrons. The van der Waals surface area contributed by atoms with Crippen molar-refractivity contribution in [1.82, 2.24) is 0 Å². The van der Waals surface area contributed by atoms with Crippen LogP contribution in [-0.2, 0) is 0 Å². The van der Waals surface area contributed by atoms with Crippen molar-refractivity contribution in [3.63, 3.8) is 0 Å². The fourth-order valence-electron chi connectivity index (χ4n) is 2.04. The van der Waals surface area contributed by atoms with Crippen molar-refractivity contribution < 1.29 is 0 Å². The molecule has 1 aromatic carbocycles. The van der Waals surface area contributed by atoms with Crippen LogP contribution < -0.4 is 5.46 Å². The van der Waals surface area contributed by atoms with Crippen molar-refractivity contribution in [2.75, 3.05) is 0 Å². The third-order valence-corrected chi connectivity index (χ3v) is 3.18. The highest BCUT2D eigenvalue weighted by Gasteiger charge is 2.24. The van der Waals surface area contributed by atoms with E-state index in [1.54, 1.807) is 0 Å². The molecule has 1 heteroatoms. The molecule has 1 saturated carbocycles. The molecular formula is C13H17B. The average Bonchev–Trinajstić information content (AvgIpc) is 2.91. The molecule has 1 fully saturated rings. The Morgan fingerprint density at radius 2 is 1.93 bits per heavy atom. The van der Waals surface area contributed by atoms with Gasteiger partial charge in [0, 0.05) is 0 Å². The van der Waals surface area contributed by atoms with Crippen LogP contribution in [0.3, 0.4) is 0 Å². The summed E-state index contributed by atoms with van der Waals surface area (Å²) in [5.74, 6) is 1.38. The van der Waals surface area contributed by atoms with Crippen LogP contribution in [0.5, 0.6) is 0 Å².